The molecule has 7 nitrogen and oxygen atoms in total. The van der Waals surface area contributed by atoms with Crippen LogP contribution >= 0.6 is 12.2 Å². The minimum atomic E-state index is -3.75. The van der Waals surface area contributed by atoms with E-state index in [0.29, 0.717) is 22.7 Å². The van der Waals surface area contributed by atoms with Gasteiger partial charge in [-0.05, 0) is 111 Å². The SMILES string of the molecule is COc1cc(C(=O)NC(=S)Nc2ccc(S(=O)(=O)Nc3ccc(C)c(C)c3)cc2)cc(C)c1C. The van der Waals surface area contributed by atoms with Crippen LogP contribution in [0.1, 0.15) is 32.6 Å². The molecule has 3 aromatic rings. The third kappa shape index (κ3) is 5.92. The molecule has 9 heteroatoms. The van der Waals surface area contributed by atoms with Crippen LogP contribution in [0.3, 0.4) is 0 Å². The summed E-state index contributed by atoms with van der Waals surface area (Å²) in [6.45, 7) is 7.70. The summed E-state index contributed by atoms with van der Waals surface area (Å²) in [5.41, 5.74) is 5.41. The summed E-state index contributed by atoms with van der Waals surface area (Å²) in [4.78, 5) is 12.7. The fourth-order valence-electron chi connectivity index (χ4n) is 3.24. The van der Waals surface area contributed by atoms with Gasteiger partial charge in [0.15, 0.2) is 5.11 Å². The third-order valence-corrected chi connectivity index (χ3v) is 7.11. The van der Waals surface area contributed by atoms with E-state index in [0.717, 1.165) is 22.3 Å². The summed E-state index contributed by atoms with van der Waals surface area (Å²) < 4.78 is 33.3. The second kappa shape index (κ2) is 10.2. The number of carbonyl (C=O) groups excluding carboxylic acids is 1. The van der Waals surface area contributed by atoms with Crippen molar-refractivity contribution in [3.63, 3.8) is 0 Å². The number of methoxy groups -OCH3 is 1. The molecule has 3 N–H and O–H groups in total. The van der Waals surface area contributed by atoms with Gasteiger partial charge in [-0.2, -0.15) is 0 Å². The fourth-order valence-corrected chi connectivity index (χ4v) is 4.50. The smallest absolute Gasteiger partial charge is 0.261 e. The molecule has 0 unspecified atom stereocenters. The summed E-state index contributed by atoms with van der Waals surface area (Å²) in [5, 5.41) is 5.61. The van der Waals surface area contributed by atoms with Crippen molar-refractivity contribution in [3.05, 3.63) is 82.4 Å². The topological polar surface area (TPSA) is 96.5 Å². The molecular formula is C25H27N3O4S2. The Labute approximate surface area is 205 Å². The van der Waals surface area contributed by atoms with Crippen molar-refractivity contribution < 1.29 is 17.9 Å². The van der Waals surface area contributed by atoms with Crippen LogP contribution in [0.2, 0.25) is 0 Å². The summed E-state index contributed by atoms with van der Waals surface area (Å²) in [7, 11) is -2.20. The number of sulfonamides is 1. The van der Waals surface area contributed by atoms with Gasteiger partial charge in [0, 0.05) is 16.9 Å². The lowest BCUT2D eigenvalue weighted by atomic mass is 10.0. The Morgan fingerprint density at radius 2 is 1.50 bits per heavy atom. The van der Waals surface area contributed by atoms with Crippen LogP contribution in [0.25, 0.3) is 0 Å². The number of hydrogen-bond acceptors (Lipinski definition) is 5. The molecule has 0 radical (unpaired) electrons. The van der Waals surface area contributed by atoms with E-state index in [1.807, 2.05) is 33.8 Å². The zero-order chi connectivity index (χ0) is 25.0. The molecule has 178 valence electrons. The molecule has 3 rings (SSSR count). The van der Waals surface area contributed by atoms with Crippen LogP contribution in [0.5, 0.6) is 5.75 Å². The van der Waals surface area contributed by atoms with Gasteiger partial charge in [-0.15, -0.1) is 0 Å². The fraction of sp³-hybridized carbons (Fsp3) is 0.200. The molecular weight excluding hydrogens is 470 g/mol. The number of thiocarbonyl (C=S) groups is 1. The maximum Gasteiger partial charge on any atom is 0.261 e. The lowest BCUT2D eigenvalue weighted by Crippen LogP contribution is -2.34. The first kappa shape index (κ1) is 25.2. The van der Waals surface area contributed by atoms with Crippen LogP contribution in [-0.2, 0) is 10.0 Å². The number of anilines is 2. The average Bonchev–Trinajstić information content (AvgIpc) is 2.78. The minimum absolute atomic E-state index is 0.0889. The van der Waals surface area contributed by atoms with E-state index in [9.17, 15) is 13.2 Å². The predicted octanol–water partition coefficient (Wildman–Crippen LogP) is 4.86. The van der Waals surface area contributed by atoms with Gasteiger partial charge in [-0.3, -0.25) is 14.8 Å². The number of carbonyl (C=O) groups is 1. The second-order valence-electron chi connectivity index (χ2n) is 7.96. The van der Waals surface area contributed by atoms with E-state index in [4.69, 9.17) is 17.0 Å². The molecule has 3 aromatic carbocycles. The summed E-state index contributed by atoms with van der Waals surface area (Å²) in [6.07, 6.45) is 0. The van der Waals surface area contributed by atoms with Crippen molar-refractivity contribution in [2.45, 2.75) is 32.6 Å². The van der Waals surface area contributed by atoms with Crippen molar-refractivity contribution in [2.24, 2.45) is 0 Å². The third-order valence-electron chi connectivity index (χ3n) is 5.51. The van der Waals surface area contributed by atoms with Gasteiger partial charge in [0.2, 0.25) is 0 Å². The molecule has 0 atom stereocenters. The zero-order valence-corrected chi connectivity index (χ0v) is 21.3. The second-order valence-corrected chi connectivity index (χ2v) is 10.0. The molecule has 0 aromatic heterocycles. The van der Waals surface area contributed by atoms with E-state index in [1.165, 1.54) is 12.1 Å². The Bertz CT molecular complexity index is 1350. The maximum absolute atomic E-state index is 12.7. The van der Waals surface area contributed by atoms with Gasteiger partial charge in [0.25, 0.3) is 15.9 Å². The van der Waals surface area contributed by atoms with Crippen LogP contribution in [0.15, 0.2) is 59.5 Å². The number of aryl methyl sites for hydroxylation is 3. The number of hydrogen-bond donors (Lipinski definition) is 3. The zero-order valence-electron chi connectivity index (χ0n) is 19.6. The van der Waals surface area contributed by atoms with Crippen molar-refractivity contribution in [1.29, 1.82) is 0 Å². The molecule has 34 heavy (non-hydrogen) atoms. The van der Waals surface area contributed by atoms with E-state index < -0.39 is 10.0 Å². The van der Waals surface area contributed by atoms with Crippen LogP contribution in [0, 0.1) is 27.7 Å². The lowest BCUT2D eigenvalue weighted by molar-refractivity contribution is 0.0977. The van der Waals surface area contributed by atoms with Gasteiger partial charge in [-0.25, -0.2) is 8.42 Å². The van der Waals surface area contributed by atoms with Gasteiger partial charge < -0.3 is 10.1 Å². The van der Waals surface area contributed by atoms with Crippen molar-refractivity contribution in [3.8, 4) is 5.75 Å². The predicted molar refractivity (Wildman–Crippen MR) is 139 cm³/mol. The lowest BCUT2D eigenvalue weighted by Gasteiger charge is -2.13. The van der Waals surface area contributed by atoms with Crippen molar-refractivity contribution in [1.82, 2.24) is 5.32 Å². The van der Waals surface area contributed by atoms with Crippen LogP contribution in [0.4, 0.5) is 11.4 Å². The Morgan fingerprint density at radius 3 is 2.12 bits per heavy atom. The van der Waals surface area contributed by atoms with Gasteiger partial charge >= 0.3 is 0 Å². The molecule has 0 aliphatic carbocycles. The summed E-state index contributed by atoms with van der Waals surface area (Å²) >= 11 is 5.24. The number of rotatable bonds is 6. The standard InChI is InChI=1S/C25H27N3O4S2/c1-15-6-7-21(13-16(15)2)28-34(30,31)22-10-8-20(9-11-22)26-25(33)27-24(29)19-12-17(3)18(4)23(14-19)32-5/h6-14,28H,1-5H3,(H2,26,27,29,33). The first-order chi connectivity index (χ1) is 16.0. The molecule has 0 aliphatic rings. The van der Waals surface area contributed by atoms with E-state index in [2.05, 4.69) is 15.4 Å². The summed E-state index contributed by atoms with van der Waals surface area (Å²) in [6, 6.07) is 14.9. The van der Waals surface area contributed by atoms with E-state index >= 15 is 0 Å². The van der Waals surface area contributed by atoms with Crippen molar-refractivity contribution >= 4 is 44.6 Å². The number of amides is 1. The molecule has 0 heterocycles. The molecule has 1 amide bonds. The molecule has 0 saturated carbocycles. The molecule has 0 aliphatic heterocycles. The highest BCUT2D eigenvalue weighted by atomic mass is 32.2. The molecule has 0 bridgehead atoms. The van der Waals surface area contributed by atoms with Gasteiger partial charge in [0.05, 0.1) is 12.0 Å². The maximum atomic E-state index is 12.7. The number of nitrogens with one attached hydrogen (secondary N) is 3. The number of ether oxygens (including phenoxy) is 1. The Balaban J connectivity index is 1.66. The van der Waals surface area contributed by atoms with Gasteiger partial charge in [0.1, 0.15) is 5.75 Å². The largest absolute Gasteiger partial charge is 0.496 e. The molecule has 0 fully saturated rings. The number of benzene rings is 3. The molecule has 0 spiro atoms. The van der Waals surface area contributed by atoms with Crippen LogP contribution < -0.4 is 20.1 Å². The highest BCUT2D eigenvalue weighted by Gasteiger charge is 2.16. The van der Waals surface area contributed by atoms with Gasteiger partial charge in [-0.1, -0.05) is 6.07 Å². The first-order valence-electron chi connectivity index (χ1n) is 10.5. The Hall–Kier alpha value is -3.43. The first-order valence-corrected chi connectivity index (χ1v) is 12.4. The Kier molecular flexibility index (Phi) is 7.58. The monoisotopic (exact) mass is 497 g/mol. The van der Waals surface area contributed by atoms with Crippen molar-refractivity contribution in [2.75, 3.05) is 17.1 Å². The average molecular weight is 498 g/mol. The molecule has 0 saturated heterocycles. The highest BCUT2D eigenvalue weighted by Crippen LogP contribution is 2.23. The van der Waals surface area contributed by atoms with Crippen LogP contribution in [-0.4, -0.2) is 26.5 Å². The Morgan fingerprint density at radius 1 is 0.853 bits per heavy atom. The summed E-state index contributed by atoms with van der Waals surface area (Å²) in [5.74, 6) is 0.242. The van der Waals surface area contributed by atoms with E-state index in [1.54, 1.807) is 43.5 Å². The normalized spacial score (nSPS) is 11.0. The van der Waals surface area contributed by atoms with E-state index in [-0.39, 0.29) is 15.9 Å². The highest BCUT2D eigenvalue weighted by molar-refractivity contribution is 7.92. The minimum Gasteiger partial charge on any atom is -0.496 e. The quantitative estimate of drug-likeness (QED) is 0.421.